The fourth-order valence-electron chi connectivity index (χ4n) is 5.31. The fraction of sp³-hybridized carbons (Fsp3) is 0.375. The first kappa shape index (κ1) is 31.6. The second kappa shape index (κ2) is 14.7. The molecule has 3 aromatic carbocycles. The van der Waals surface area contributed by atoms with Crippen LogP contribution in [0.5, 0.6) is 5.75 Å². The molecule has 0 radical (unpaired) electrons. The molecule has 0 bridgehead atoms. The molecule has 1 saturated carbocycles. The van der Waals surface area contributed by atoms with Gasteiger partial charge in [-0.3, -0.25) is 13.9 Å². The number of nitrogens with one attached hydrogen (secondary N) is 1. The molecular weight excluding hydrogens is 618 g/mol. The lowest BCUT2D eigenvalue weighted by Crippen LogP contribution is -2.55. The second-order valence-electron chi connectivity index (χ2n) is 10.7. The number of benzene rings is 3. The summed E-state index contributed by atoms with van der Waals surface area (Å²) in [7, 11) is -2.26. The molecule has 2 amide bonds. The number of ether oxygens (including phenoxy) is 1. The van der Waals surface area contributed by atoms with Gasteiger partial charge in [-0.15, -0.1) is 0 Å². The van der Waals surface area contributed by atoms with Crippen LogP contribution in [-0.4, -0.2) is 57.1 Å². The molecule has 1 atom stereocenters. The van der Waals surface area contributed by atoms with E-state index in [0.29, 0.717) is 15.9 Å². The monoisotopic (exact) mass is 655 g/mol. The number of carbonyl (C=O) groups excluding carboxylic acids is 2. The molecule has 3 aromatic rings. The van der Waals surface area contributed by atoms with Gasteiger partial charge in [0.05, 0.1) is 19.1 Å². The molecule has 1 aliphatic rings. The molecule has 0 saturated heterocycles. The molecule has 1 unspecified atom stereocenters. The second-order valence-corrected chi connectivity index (χ2v) is 13.5. The third-order valence-electron chi connectivity index (χ3n) is 7.49. The molecule has 0 aliphatic heterocycles. The Bertz CT molecular complexity index is 1460. The third-order valence-corrected chi connectivity index (χ3v) is 9.12. The first-order chi connectivity index (χ1) is 20.1. The van der Waals surface area contributed by atoms with E-state index in [2.05, 4.69) is 21.2 Å². The number of halogens is 1. The van der Waals surface area contributed by atoms with Crippen molar-refractivity contribution in [3.8, 4) is 5.75 Å². The van der Waals surface area contributed by atoms with Crippen LogP contribution in [0.25, 0.3) is 0 Å². The molecule has 8 nitrogen and oxygen atoms in total. The summed E-state index contributed by atoms with van der Waals surface area (Å²) >= 11 is 3.39. The van der Waals surface area contributed by atoms with Gasteiger partial charge in [0.1, 0.15) is 18.3 Å². The van der Waals surface area contributed by atoms with Crippen LogP contribution in [0.1, 0.15) is 43.2 Å². The summed E-state index contributed by atoms with van der Waals surface area (Å²) in [6.45, 7) is -0.358. The molecule has 0 heterocycles. The molecule has 0 spiro atoms. The highest BCUT2D eigenvalue weighted by Crippen LogP contribution is 2.25. The van der Waals surface area contributed by atoms with Gasteiger partial charge in [0.15, 0.2) is 0 Å². The first-order valence-electron chi connectivity index (χ1n) is 14.1. The molecule has 42 heavy (non-hydrogen) atoms. The minimum absolute atomic E-state index is 0.0486. The number of rotatable bonds is 12. The molecule has 224 valence electrons. The van der Waals surface area contributed by atoms with Crippen molar-refractivity contribution in [2.24, 2.45) is 0 Å². The van der Waals surface area contributed by atoms with Crippen LogP contribution in [0.4, 0.5) is 5.69 Å². The molecule has 0 aromatic heterocycles. The largest absolute Gasteiger partial charge is 0.497 e. The maximum absolute atomic E-state index is 14.2. The fourth-order valence-corrected chi connectivity index (χ4v) is 6.54. The number of anilines is 1. The van der Waals surface area contributed by atoms with Crippen LogP contribution in [0.2, 0.25) is 0 Å². The van der Waals surface area contributed by atoms with Gasteiger partial charge in [0.25, 0.3) is 0 Å². The summed E-state index contributed by atoms with van der Waals surface area (Å²) in [6.07, 6.45) is 6.41. The highest BCUT2D eigenvalue weighted by atomic mass is 79.9. The lowest BCUT2D eigenvalue weighted by Gasteiger charge is -2.35. The summed E-state index contributed by atoms with van der Waals surface area (Å²) in [5.74, 6) is -0.101. The summed E-state index contributed by atoms with van der Waals surface area (Å²) in [5, 5.41) is 3.21. The standard InChI is InChI=1S/C32H38BrN3O5S/c1-41-29-18-9-13-25(19-29)22-35(31(37)23-36(42(2,39)40)28-17-10-14-26(33)21-28)30(20-24-11-5-3-6-12-24)32(38)34-27-15-7-4-8-16-27/h3,5-6,9-14,17-19,21,27,30H,4,7-8,15-16,20,22-23H2,1-2H3,(H,34,38). The van der Waals surface area contributed by atoms with Gasteiger partial charge in [-0.05, 0) is 54.3 Å². The van der Waals surface area contributed by atoms with Crippen LogP contribution in [0.15, 0.2) is 83.3 Å². The van der Waals surface area contributed by atoms with Crippen LogP contribution in [-0.2, 0) is 32.6 Å². The van der Waals surface area contributed by atoms with Crippen LogP contribution >= 0.6 is 15.9 Å². The number of carbonyl (C=O) groups is 2. The van der Waals surface area contributed by atoms with E-state index in [1.165, 1.54) is 4.90 Å². The van der Waals surface area contributed by atoms with Crippen LogP contribution in [0.3, 0.4) is 0 Å². The summed E-state index contributed by atoms with van der Waals surface area (Å²) in [6, 6.07) is 22.9. The van der Waals surface area contributed by atoms with Crippen molar-refractivity contribution in [2.75, 3.05) is 24.2 Å². The van der Waals surface area contributed by atoms with Crippen molar-refractivity contribution < 1.29 is 22.7 Å². The van der Waals surface area contributed by atoms with Crippen molar-refractivity contribution in [1.82, 2.24) is 10.2 Å². The topological polar surface area (TPSA) is 96.0 Å². The van der Waals surface area contributed by atoms with Crippen molar-refractivity contribution >= 4 is 43.5 Å². The Labute approximate surface area is 257 Å². The van der Waals surface area contributed by atoms with E-state index in [1.807, 2.05) is 54.6 Å². The highest BCUT2D eigenvalue weighted by Gasteiger charge is 2.34. The van der Waals surface area contributed by atoms with Gasteiger partial charge in [-0.2, -0.15) is 0 Å². The van der Waals surface area contributed by atoms with Crippen LogP contribution < -0.4 is 14.4 Å². The Morgan fingerprint density at radius 2 is 1.64 bits per heavy atom. The summed E-state index contributed by atoms with van der Waals surface area (Å²) in [5.41, 5.74) is 2.02. The lowest BCUT2D eigenvalue weighted by atomic mass is 9.94. The van der Waals surface area contributed by atoms with E-state index < -0.39 is 28.5 Å². The average Bonchev–Trinajstić information content (AvgIpc) is 2.98. The van der Waals surface area contributed by atoms with Gasteiger partial charge in [0, 0.05) is 23.5 Å². The number of sulfonamides is 1. The number of methoxy groups -OCH3 is 1. The Morgan fingerprint density at radius 1 is 0.952 bits per heavy atom. The van der Waals surface area contributed by atoms with Crippen molar-refractivity contribution in [3.05, 3.63) is 94.5 Å². The molecule has 4 rings (SSSR count). The third kappa shape index (κ3) is 8.82. The Kier molecular flexibility index (Phi) is 11.0. The molecule has 1 N–H and O–H groups in total. The zero-order valence-electron chi connectivity index (χ0n) is 24.0. The zero-order chi connectivity index (χ0) is 30.1. The molecule has 10 heteroatoms. The van der Waals surface area contributed by atoms with Gasteiger partial charge in [-0.25, -0.2) is 8.42 Å². The lowest BCUT2D eigenvalue weighted by molar-refractivity contribution is -0.140. The highest BCUT2D eigenvalue weighted by molar-refractivity contribution is 9.10. The van der Waals surface area contributed by atoms with Gasteiger partial charge < -0.3 is 15.0 Å². The number of nitrogens with zero attached hydrogens (tertiary/aromatic N) is 2. The average molecular weight is 657 g/mol. The maximum atomic E-state index is 14.2. The predicted molar refractivity (Wildman–Crippen MR) is 169 cm³/mol. The zero-order valence-corrected chi connectivity index (χ0v) is 26.4. The van der Waals surface area contributed by atoms with Crippen molar-refractivity contribution in [1.29, 1.82) is 0 Å². The maximum Gasteiger partial charge on any atom is 0.244 e. The van der Waals surface area contributed by atoms with E-state index in [9.17, 15) is 18.0 Å². The normalized spacial score (nSPS) is 14.5. The van der Waals surface area contributed by atoms with E-state index in [0.717, 1.165) is 53.8 Å². The Morgan fingerprint density at radius 3 is 2.31 bits per heavy atom. The molecule has 1 fully saturated rings. The SMILES string of the molecule is COc1cccc(CN(C(=O)CN(c2cccc(Br)c2)S(C)(=O)=O)C(Cc2ccccc2)C(=O)NC2CCCCC2)c1. The van der Waals surface area contributed by atoms with Crippen LogP contribution in [0, 0.1) is 0 Å². The van der Waals surface area contributed by atoms with Crippen molar-refractivity contribution in [2.45, 2.75) is 57.2 Å². The minimum Gasteiger partial charge on any atom is -0.497 e. The minimum atomic E-state index is -3.83. The van der Waals surface area contributed by atoms with Crippen molar-refractivity contribution in [3.63, 3.8) is 0 Å². The van der Waals surface area contributed by atoms with E-state index >= 15 is 0 Å². The van der Waals surface area contributed by atoms with Gasteiger partial charge in [0.2, 0.25) is 21.8 Å². The number of hydrogen-bond acceptors (Lipinski definition) is 5. The Balaban J connectivity index is 1.73. The van der Waals surface area contributed by atoms with Gasteiger partial charge >= 0.3 is 0 Å². The summed E-state index contributed by atoms with van der Waals surface area (Å²) in [4.78, 5) is 29.8. The Hall–Kier alpha value is -3.37. The van der Waals surface area contributed by atoms with Gasteiger partial charge in [-0.1, -0.05) is 83.7 Å². The number of hydrogen-bond donors (Lipinski definition) is 1. The summed E-state index contributed by atoms with van der Waals surface area (Å²) < 4.78 is 33.1. The number of amides is 2. The van der Waals surface area contributed by atoms with E-state index in [4.69, 9.17) is 4.74 Å². The van der Waals surface area contributed by atoms with E-state index in [-0.39, 0.29) is 24.9 Å². The smallest absolute Gasteiger partial charge is 0.244 e. The first-order valence-corrected chi connectivity index (χ1v) is 16.8. The van der Waals surface area contributed by atoms with E-state index in [1.54, 1.807) is 31.4 Å². The molecule has 1 aliphatic carbocycles. The quantitative estimate of drug-likeness (QED) is 0.285. The predicted octanol–water partition coefficient (Wildman–Crippen LogP) is 5.31. The molecular formula is C32H38BrN3O5S.